The Balaban J connectivity index is 2.40. The van der Waals surface area contributed by atoms with Crippen LogP contribution < -0.4 is 10.6 Å². The Morgan fingerprint density at radius 1 is 1.56 bits per heavy atom. The molecule has 1 atom stereocenters. The average Bonchev–Trinajstić information content (AvgIpc) is 2.63. The largest absolute Gasteiger partial charge is 0.364 e. The molecule has 0 aromatic heterocycles. The molecule has 1 aliphatic heterocycles. The second kappa shape index (κ2) is 4.05. The molecular formula is C10H12FN3O2. The van der Waals surface area contributed by atoms with E-state index in [1.165, 1.54) is 6.07 Å². The van der Waals surface area contributed by atoms with Gasteiger partial charge >= 0.3 is 5.69 Å². The maximum atomic E-state index is 13.4. The van der Waals surface area contributed by atoms with Crippen molar-refractivity contribution >= 4 is 11.4 Å². The number of nitro benzene ring substituents is 1. The first-order valence-corrected chi connectivity index (χ1v) is 5.03. The first-order chi connectivity index (χ1) is 7.59. The predicted octanol–water partition coefficient (Wildman–Crippen LogP) is 1.27. The van der Waals surface area contributed by atoms with Crippen molar-refractivity contribution in [2.75, 3.05) is 18.0 Å². The molecule has 5 nitrogen and oxygen atoms in total. The zero-order valence-electron chi connectivity index (χ0n) is 8.60. The molecule has 0 radical (unpaired) electrons. The summed E-state index contributed by atoms with van der Waals surface area (Å²) in [6, 6.07) is 4.13. The van der Waals surface area contributed by atoms with E-state index in [-0.39, 0.29) is 6.04 Å². The van der Waals surface area contributed by atoms with Crippen molar-refractivity contribution in [3.63, 3.8) is 0 Å². The summed E-state index contributed by atoms with van der Waals surface area (Å²) >= 11 is 0. The number of para-hydroxylation sites is 1. The summed E-state index contributed by atoms with van der Waals surface area (Å²) in [5.41, 5.74) is 5.58. The Kier molecular flexibility index (Phi) is 2.74. The van der Waals surface area contributed by atoms with Crippen LogP contribution in [0, 0.1) is 15.9 Å². The highest BCUT2D eigenvalue weighted by Crippen LogP contribution is 2.32. The molecule has 2 rings (SSSR count). The molecule has 1 unspecified atom stereocenters. The first-order valence-electron chi connectivity index (χ1n) is 5.03. The van der Waals surface area contributed by atoms with E-state index in [0.717, 1.165) is 12.5 Å². The van der Waals surface area contributed by atoms with Gasteiger partial charge in [-0.2, -0.15) is 4.39 Å². The van der Waals surface area contributed by atoms with Gasteiger partial charge in [0.05, 0.1) is 4.92 Å². The van der Waals surface area contributed by atoms with Gasteiger partial charge in [0.25, 0.3) is 0 Å². The molecule has 1 aromatic carbocycles. The van der Waals surface area contributed by atoms with Crippen molar-refractivity contribution in [2.24, 2.45) is 5.73 Å². The van der Waals surface area contributed by atoms with Gasteiger partial charge in [0.1, 0.15) is 5.69 Å². The number of hydrogen-bond acceptors (Lipinski definition) is 4. The summed E-state index contributed by atoms with van der Waals surface area (Å²) in [6.45, 7) is 1.16. The Hall–Kier alpha value is -1.69. The fourth-order valence-electron chi connectivity index (χ4n) is 1.95. The fraction of sp³-hybridized carbons (Fsp3) is 0.400. The third-order valence-corrected chi connectivity index (χ3v) is 2.71. The van der Waals surface area contributed by atoms with Crippen LogP contribution in [0.5, 0.6) is 0 Å². The van der Waals surface area contributed by atoms with E-state index in [1.807, 2.05) is 0 Å². The van der Waals surface area contributed by atoms with Gasteiger partial charge in [-0.05, 0) is 18.6 Å². The number of benzene rings is 1. The van der Waals surface area contributed by atoms with E-state index < -0.39 is 16.4 Å². The van der Waals surface area contributed by atoms with Crippen molar-refractivity contribution in [3.8, 4) is 0 Å². The first kappa shape index (κ1) is 10.8. The molecular weight excluding hydrogens is 213 g/mol. The van der Waals surface area contributed by atoms with Crippen LogP contribution in [0.25, 0.3) is 0 Å². The molecule has 1 fully saturated rings. The van der Waals surface area contributed by atoms with Crippen LogP contribution in [0.4, 0.5) is 15.8 Å². The second-order valence-electron chi connectivity index (χ2n) is 3.86. The maximum absolute atomic E-state index is 13.4. The van der Waals surface area contributed by atoms with Crippen molar-refractivity contribution in [2.45, 2.75) is 12.5 Å². The Morgan fingerprint density at radius 2 is 2.31 bits per heavy atom. The molecule has 86 valence electrons. The number of nitro groups is 1. The lowest BCUT2D eigenvalue weighted by molar-refractivity contribution is -0.386. The SMILES string of the molecule is NC1CCN(c2cccc(F)c2[N+](=O)[O-])C1. The van der Waals surface area contributed by atoms with Crippen LogP contribution in [-0.4, -0.2) is 24.1 Å². The van der Waals surface area contributed by atoms with Gasteiger partial charge in [0.15, 0.2) is 0 Å². The molecule has 1 aromatic rings. The minimum absolute atomic E-state index is 0.00266. The average molecular weight is 225 g/mol. The minimum Gasteiger partial charge on any atom is -0.364 e. The van der Waals surface area contributed by atoms with Gasteiger partial charge in [0.2, 0.25) is 5.82 Å². The Morgan fingerprint density at radius 3 is 2.88 bits per heavy atom. The highest BCUT2D eigenvalue weighted by atomic mass is 19.1. The summed E-state index contributed by atoms with van der Waals surface area (Å²) in [7, 11) is 0. The number of rotatable bonds is 2. The third-order valence-electron chi connectivity index (χ3n) is 2.71. The van der Waals surface area contributed by atoms with E-state index in [4.69, 9.17) is 5.73 Å². The van der Waals surface area contributed by atoms with E-state index in [0.29, 0.717) is 18.8 Å². The minimum atomic E-state index is -0.803. The van der Waals surface area contributed by atoms with Crippen LogP contribution in [0.1, 0.15) is 6.42 Å². The van der Waals surface area contributed by atoms with Gasteiger partial charge in [0, 0.05) is 19.1 Å². The van der Waals surface area contributed by atoms with Gasteiger partial charge in [-0.15, -0.1) is 0 Å². The Labute approximate surface area is 91.8 Å². The number of nitrogens with zero attached hydrogens (tertiary/aromatic N) is 2. The highest BCUT2D eigenvalue weighted by molar-refractivity contribution is 5.64. The second-order valence-corrected chi connectivity index (χ2v) is 3.86. The number of hydrogen-bond donors (Lipinski definition) is 1. The summed E-state index contributed by atoms with van der Waals surface area (Å²) in [6.07, 6.45) is 0.771. The molecule has 6 heteroatoms. The summed E-state index contributed by atoms with van der Waals surface area (Å²) in [5.74, 6) is -0.803. The lowest BCUT2D eigenvalue weighted by Gasteiger charge is -2.17. The number of nitrogens with two attached hydrogens (primary N) is 1. The van der Waals surface area contributed by atoms with Crippen molar-refractivity contribution in [1.29, 1.82) is 0 Å². The van der Waals surface area contributed by atoms with Gasteiger partial charge in [-0.25, -0.2) is 0 Å². The topological polar surface area (TPSA) is 72.4 Å². The normalized spacial score (nSPS) is 20.1. The molecule has 16 heavy (non-hydrogen) atoms. The summed E-state index contributed by atoms with van der Waals surface area (Å²) in [5, 5.41) is 10.8. The molecule has 1 heterocycles. The molecule has 1 saturated heterocycles. The molecule has 2 N–H and O–H groups in total. The zero-order chi connectivity index (χ0) is 11.7. The number of anilines is 1. The van der Waals surface area contributed by atoms with Crippen LogP contribution >= 0.6 is 0 Å². The van der Waals surface area contributed by atoms with Crippen molar-refractivity contribution < 1.29 is 9.31 Å². The highest BCUT2D eigenvalue weighted by Gasteiger charge is 2.28. The maximum Gasteiger partial charge on any atom is 0.327 e. The Bertz CT molecular complexity index is 425. The molecule has 0 bridgehead atoms. The molecule has 1 aliphatic rings. The zero-order valence-corrected chi connectivity index (χ0v) is 8.60. The fourth-order valence-corrected chi connectivity index (χ4v) is 1.95. The summed E-state index contributed by atoms with van der Waals surface area (Å²) < 4.78 is 13.4. The van der Waals surface area contributed by atoms with E-state index in [1.54, 1.807) is 11.0 Å². The van der Waals surface area contributed by atoms with E-state index in [9.17, 15) is 14.5 Å². The number of halogens is 1. The smallest absolute Gasteiger partial charge is 0.327 e. The van der Waals surface area contributed by atoms with Crippen molar-refractivity contribution in [3.05, 3.63) is 34.1 Å². The molecule has 0 spiro atoms. The van der Waals surface area contributed by atoms with Crippen molar-refractivity contribution in [1.82, 2.24) is 0 Å². The molecule has 0 saturated carbocycles. The predicted molar refractivity (Wildman–Crippen MR) is 57.9 cm³/mol. The van der Waals surface area contributed by atoms with Gasteiger partial charge in [-0.3, -0.25) is 10.1 Å². The van der Waals surface area contributed by atoms with Crippen LogP contribution in [0.15, 0.2) is 18.2 Å². The van der Waals surface area contributed by atoms with Crippen LogP contribution in [0.2, 0.25) is 0 Å². The quantitative estimate of drug-likeness (QED) is 0.607. The van der Waals surface area contributed by atoms with E-state index in [2.05, 4.69) is 0 Å². The van der Waals surface area contributed by atoms with Gasteiger partial charge < -0.3 is 10.6 Å². The van der Waals surface area contributed by atoms with E-state index >= 15 is 0 Å². The molecule has 0 aliphatic carbocycles. The lowest BCUT2D eigenvalue weighted by atomic mass is 10.2. The summed E-state index contributed by atoms with van der Waals surface area (Å²) in [4.78, 5) is 11.9. The standard InChI is InChI=1S/C10H12FN3O2/c11-8-2-1-3-9(10(8)14(15)16)13-5-4-7(12)6-13/h1-3,7H,4-6,12H2. The lowest BCUT2D eigenvalue weighted by Crippen LogP contribution is -2.26. The third kappa shape index (κ3) is 1.83. The monoisotopic (exact) mass is 225 g/mol. The molecule has 0 amide bonds. The van der Waals surface area contributed by atoms with Crippen LogP contribution in [0.3, 0.4) is 0 Å². The van der Waals surface area contributed by atoms with Gasteiger partial charge in [-0.1, -0.05) is 6.07 Å². The van der Waals surface area contributed by atoms with Crippen LogP contribution in [-0.2, 0) is 0 Å².